The van der Waals surface area contributed by atoms with Gasteiger partial charge >= 0.3 is 6.18 Å². The Bertz CT molecular complexity index is 1760. The number of alkyl halides is 3. The summed E-state index contributed by atoms with van der Waals surface area (Å²) < 4.78 is 68.8. The molecule has 0 radical (unpaired) electrons. The van der Waals surface area contributed by atoms with Crippen LogP contribution in [0.25, 0.3) is 10.6 Å². The van der Waals surface area contributed by atoms with Gasteiger partial charge in [0.15, 0.2) is 9.84 Å². The molecular weight excluding hydrogens is 613 g/mol. The van der Waals surface area contributed by atoms with Crippen LogP contribution in [0.15, 0.2) is 35.4 Å². The van der Waals surface area contributed by atoms with Crippen LogP contribution in [-0.2, 0) is 16.0 Å². The number of nitrogens with zero attached hydrogens (tertiary/aromatic N) is 4. The predicted molar refractivity (Wildman–Crippen MR) is 160 cm³/mol. The minimum absolute atomic E-state index is 0.0245. The van der Waals surface area contributed by atoms with Gasteiger partial charge in [-0.05, 0) is 74.3 Å². The molecule has 3 aromatic rings. The Morgan fingerprint density at radius 2 is 1.77 bits per heavy atom. The molecule has 3 aliphatic heterocycles. The minimum atomic E-state index is -4.79. The lowest BCUT2D eigenvalue weighted by molar-refractivity contribution is -0.137. The normalized spacial score (nSPS) is 24.8. The number of anilines is 3. The first-order valence-electron chi connectivity index (χ1n) is 15.1. The van der Waals surface area contributed by atoms with Crippen molar-refractivity contribution in [1.29, 1.82) is 0 Å². The minimum Gasteiger partial charge on any atom is -0.368 e. The lowest BCUT2D eigenvalue weighted by Gasteiger charge is -2.35. The molecule has 2 bridgehead atoms. The number of benzene rings is 1. The second-order valence-electron chi connectivity index (χ2n) is 12.5. The number of hydrogen-bond acceptors (Lipinski definition) is 9. The molecular formula is C30H31F3N6O3S2. The molecule has 2 aliphatic carbocycles. The molecule has 2 unspecified atom stereocenters. The number of halogens is 3. The first-order valence-corrected chi connectivity index (χ1v) is 17.5. The highest BCUT2D eigenvalue weighted by atomic mass is 32.2. The molecule has 1 aromatic carbocycles. The Hall–Kier alpha value is -3.23. The van der Waals surface area contributed by atoms with Crippen LogP contribution in [0, 0.1) is 0 Å². The number of rotatable bonds is 6. The number of thiophene rings is 1. The van der Waals surface area contributed by atoms with E-state index >= 15 is 0 Å². The van der Waals surface area contributed by atoms with Gasteiger partial charge < -0.3 is 20.4 Å². The van der Waals surface area contributed by atoms with Crippen LogP contribution in [0.1, 0.15) is 65.2 Å². The fourth-order valence-corrected chi connectivity index (χ4v) is 9.64. The Morgan fingerprint density at radius 3 is 2.45 bits per heavy atom. The van der Waals surface area contributed by atoms with Gasteiger partial charge in [-0.2, -0.15) is 13.2 Å². The van der Waals surface area contributed by atoms with E-state index in [9.17, 15) is 26.4 Å². The molecule has 2 N–H and O–H groups in total. The summed E-state index contributed by atoms with van der Waals surface area (Å²) in [6.07, 6.45) is 1.94. The smallest absolute Gasteiger partial charge is 0.368 e. The van der Waals surface area contributed by atoms with Crippen molar-refractivity contribution in [1.82, 2.24) is 20.2 Å². The van der Waals surface area contributed by atoms with Gasteiger partial charge in [-0.3, -0.25) is 4.79 Å². The van der Waals surface area contributed by atoms with E-state index in [-0.39, 0.29) is 38.9 Å². The molecule has 2 saturated heterocycles. The van der Waals surface area contributed by atoms with E-state index in [1.807, 2.05) is 12.1 Å². The predicted octanol–water partition coefficient (Wildman–Crippen LogP) is 5.18. The molecule has 8 rings (SSSR count). The summed E-state index contributed by atoms with van der Waals surface area (Å²) >= 11 is 0.748. The van der Waals surface area contributed by atoms with Crippen molar-refractivity contribution in [3.05, 3.63) is 46.5 Å². The molecule has 14 heteroatoms. The Morgan fingerprint density at radius 1 is 1.02 bits per heavy atom. The number of piperazine rings is 1. The Balaban J connectivity index is 1.15. The number of hydrogen-bond donors (Lipinski definition) is 2. The number of fused-ring (bicyclic) bond motifs is 3. The van der Waals surface area contributed by atoms with Crippen LogP contribution in [-0.4, -0.2) is 72.7 Å². The van der Waals surface area contributed by atoms with Gasteiger partial charge in [-0.1, -0.05) is 0 Å². The van der Waals surface area contributed by atoms with E-state index in [1.54, 1.807) is 0 Å². The molecule has 232 valence electrons. The zero-order valence-corrected chi connectivity index (χ0v) is 25.4. The van der Waals surface area contributed by atoms with Gasteiger partial charge in [0.2, 0.25) is 5.95 Å². The second-order valence-corrected chi connectivity index (χ2v) is 15.6. The van der Waals surface area contributed by atoms with Crippen molar-refractivity contribution >= 4 is 44.4 Å². The molecule has 5 aliphatic rings. The summed E-state index contributed by atoms with van der Waals surface area (Å²) in [6, 6.07) is 8.28. The average Bonchev–Trinajstić information content (AvgIpc) is 3.92. The molecule has 2 atom stereocenters. The summed E-state index contributed by atoms with van der Waals surface area (Å²) in [4.78, 5) is 25.3. The van der Waals surface area contributed by atoms with Gasteiger partial charge in [0.1, 0.15) is 10.4 Å². The maximum absolute atomic E-state index is 14.2. The summed E-state index contributed by atoms with van der Waals surface area (Å²) in [5.74, 6) is -0.395. The first-order chi connectivity index (χ1) is 21.0. The van der Waals surface area contributed by atoms with Crippen molar-refractivity contribution in [2.75, 3.05) is 35.6 Å². The average molecular weight is 645 g/mol. The zero-order chi connectivity index (χ0) is 30.4. The second kappa shape index (κ2) is 10.1. The van der Waals surface area contributed by atoms with Crippen LogP contribution in [0.2, 0.25) is 0 Å². The van der Waals surface area contributed by atoms with E-state index in [0.717, 1.165) is 73.2 Å². The van der Waals surface area contributed by atoms with Crippen molar-refractivity contribution in [2.45, 2.75) is 73.6 Å². The fraction of sp³-hybridized carbons (Fsp3) is 0.500. The van der Waals surface area contributed by atoms with Crippen LogP contribution in [0.3, 0.4) is 0 Å². The topological polar surface area (TPSA) is 108 Å². The third-order valence-corrected chi connectivity index (χ3v) is 12.3. The zero-order valence-electron chi connectivity index (χ0n) is 23.7. The number of carbonyl (C=O) groups excluding carboxylic acids is 1. The molecule has 4 fully saturated rings. The Kier molecular flexibility index (Phi) is 6.51. The summed E-state index contributed by atoms with van der Waals surface area (Å²) in [7, 11) is -3.87. The molecule has 0 spiro atoms. The quantitative estimate of drug-likeness (QED) is 0.378. The van der Waals surface area contributed by atoms with Crippen LogP contribution in [0.4, 0.5) is 30.5 Å². The number of aromatic nitrogens is 2. The number of carbonyl (C=O) groups is 1. The lowest BCUT2D eigenvalue weighted by atomic mass is 10.1. The molecule has 2 saturated carbocycles. The molecule has 5 heterocycles. The molecule has 9 nitrogen and oxygen atoms in total. The summed E-state index contributed by atoms with van der Waals surface area (Å²) in [6.45, 7) is 1.97. The third-order valence-electron chi connectivity index (χ3n) is 9.28. The van der Waals surface area contributed by atoms with E-state index in [1.165, 1.54) is 23.8 Å². The highest BCUT2D eigenvalue weighted by molar-refractivity contribution is 7.91. The Labute approximate surface area is 256 Å². The highest BCUT2D eigenvalue weighted by Crippen LogP contribution is 2.47. The van der Waals surface area contributed by atoms with Crippen molar-refractivity contribution < 1.29 is 26.4 Å². The lowest BCUT2D eigenvalue weighted by Crippen LogP contribution is -2.51. The van der Waals surface area contributed by atoms with Gasteiger partial charge in [-0.25, -0.2) is 18.4 Å². The first kappa shape index (κ1) is 28.3. The molecule has 2 aromatic heterocycles. The number of sulfone groups is 1. The largest absolute Gasteiger partial charge is 0.420 e. The van der Waals surface area contributed by atoms with E-state index < -0.39 is 33.2 Å². The van der Waals surface area contributed by atoms with Crippen LogP contribution >= 0.6 is 11.3 Å². The van der Waals surface area contributed by atoms with E-state index in [0.29, 0.717) is 18.0 Å². The van der Waals surface area contributed by atoms with Crippen molar-refractivity contribution in [3.8, 4) is 10.6 Å². The summed E-state index contributed by atoms with van der Waals surface area (Å²) in [5, 5.41) is 6.81. The van der Waals surface area contributed by atoms with Gasteiger partial charge in [0.25, 0.3) is 5.91 Å². The summed E-state index contributed by atoms with van der Waals surface area (Å²) in [5.41, 5.74) is 1.42. The highest BCUT2D eigenvalue weighted by Gasteiger charge is 2.42. The van der Waals surface area contributed by atoms with Gasteiger partial charge in [-0.15, -0.1) is 11.3 Å². The maximum atomic E-state index is 14.2. The fourth-order valence-electron chi connectivity index (χ4n) is 6.72. The third kappa shape index (κ3) is 5.14. The van der Waals surface area contributed by atoms with E-state index in [4.69, 9.17) is 0 Å². The van der Waals surface area contributed by atoms with Crippen LogP contribution < -0.4 is 15.5 Å². The maximum Gasteiger partial charge on any atom is 0.420 e. The van der Waals surface area contributed by atoms with Crippen molar-refractivity contribution in [3.63, 3.8) is 0 Å². The standard InChI is InChI=1S/C30H31F3N6O3S2/c31-30(32,33)22-13-34-29(36-23-8-7-20(11-21(23)16-1-2-16)38-14-17-3-4-18(15-38)35-17)37-26(22)24-12-25-27(43-24)28(40)39(19-5-6-19)9-10-44(25,41)42/h7-8,11-13,16-19,35H,1-6,9-10,14-15H2,(H,34,36,37). The molecule has 1 amide bonds. The monoisotopic (exact) mass is 644 g/mol. The number of amides is 1. The van der Waals surface area contributed by atoms with Gasteiger partial charge in [0, 0.05) is 55.3 Å². The van der Waals surface area contributed by atoms with Crippen LogP contribution in [0.5, 0.6) is 0 Å². The van der Waals surface area contributed by atoms with Crippen molar-refractivity contribution in [2.24, 2.45) is 0 Å². The SMILES string of the molecule is O=C1c2sc(-c3nc(Nc4ccc(N5CC6CCC(C5)N6)cc4C4CC4)ncc3C(F)(F)F)cc2S(=O)(=O)CCN1C1CC1. The molecule has 44 heavy (non-hydrogen) atoms. The van der Waals surface area contributed by atoms with Gasteiger partial charge in [0.05, 0.1) is 21.2 Å². The number of nitrogens with one attached hydrogen (secondary N) is 2. The van der Waals surface area contributed by atoms with E-state index in [2.05, 4.69) is 31.6 Å².